The third-order valence-electron chi connectivity index (χ3n) is 5.81. The minimum Gasteiger partial charge on any atom is -0.408 e. The lowest BCUT2D eigenvalue weighted by atomic mass is 10.1. The fourth-order valence-corrected chi connectivity index (χ4v) is 4.08. The van der Waals surface area contributed by atoms with Crippen LogP contribution in [0.15, 0.2) is 100 Å². The molecule has 1 amide bonds. The number of aromatic nitrogens is 3. The third kappa shape index (κ3) is 4.28. The SMILES string of the molecule is C[C@H](C(=O)NCc1cn(Cc2ccccc2)nc1-c1ccccc1)n1c(=O)oc2ccccc21. The number of nitrogens with one attached hydrogen (secondary N) is 1. The summed E-state index contributed by atoms with van der Waals surface area (Å²) in [5.74, 6) is -0.826. The lowest BCUT2D eigenvalue weighted by Gasteiger charge is -2.13. The highest BCUT2D eigenvalue weighted by Crippen LogP contribution is 2.23. The van der Waals surface area contributed by atoms with Crippen molar-refractivity contribution in [1.82, 2.24) is 19.7 Å². The molecule has 0 fully saturated rings. The van der Waals surface area contributed by atoms with Crippen LogP contribution in [0.2, 0.25) is 0 Å². The molecule has 0 spiro atoms. The minimum absolute atomic E-state index is 0.275. The molecular weight excluding hydrogens is 428 g/mol. The van der Waals surface area contributed by atoms with Crippen LogP contribution >= 0.6 is 0 Å². The molecule has 0 aliphatic rings. The normalized spacial score (nSPS) is 12.0. The van der Waals surface area contributed by atoms with Crippen LogP contribution in [0.5, 0.6) is 0 Å². The van der Waals surface area contributed by atoms with Gasteiger partial charge in [0.1, 0.15) is 6.04 Å². The van der Waals surface area contributed by atoms with E-state index < -0.39 is 11.8 Å². The second-order valence-corrected chi connectivity index (χ2v) is 8.15. The second kappa shape index (κ2) is 9.23. The molecule has 5 aromatic rings. The molecule has 0 aliphatic heterocycles. The van der Waals surface area contributed by atoms with E-state index >= 15 is 0 Å². The van der Waals surface area contributed by atoms with Crippen LogP contribution in [0.3, 0.4) is 0 Å². The summed E-state index contributed by atoms with van der Waals surface area (Å²) in [5.41, 5.74) is 4.88. The van der Waals surface area contributed by atoms with Crippen LogP contribution in [0, 0.1) is 0 Å². The van der Waals surface area contributed by atoms with E-state index in [0.717, 1.165) is 22.4 Å². The molecule has 0 radical (unpaired) electrons. The van der Waals surface area contributed by atoms with Gasteiger partial charge in [-0.25, -0.2) is 4.79 Å². The summed E-state index contributed by atoms with van der Waals surface area (Å²) in [6.07, 6.45) is 1.96. The van der Waals surface area contributed by atoms with Gasteiger partial charge in [0.2, 0.25) is 5.91 Å². The summed E-state index contributed by atoms with van der Waals surface area (Å²) in [4.78, 5) is 25.4. The van der Waals surface area contributed by atoms with Crippen LogP contribution in [0.4, 0.5) is 0 Å². The van der Waals surface area contributed by atoms with Crippen LogP contribution in [0.1, 0.15) is 24.1 Å². The molecule has 34 heavy (non-hydrogen) atoms. The van der Waals surface area contributed by atoms with Gasteiger partial charge in [0.25, 0.3) is 0 Å². The minimum atomic E-state index is -0.726. The number of para-hydroxylation sites is 2. The Balaban J connectivity index is 1.39. The Morgan fingerprint density at radius 3 is 2.41 bits per heavy atom. The van der Waals surface area contributed by atoms with Crippen LogP contribution in [-0.2, 0) is 17.9 Å². The number of carbonyl (C=O) groups excluding carboxylic acids is 1. The summed E-state index contributed by atoms with van der Waals surface area (Å²) in [7, 11) is 0. The molecule has 0 aliphatic carbocycles. The molecule has 2 heterocycles. The fourth-order valence-electron chi connectivity index (χ4n) is 4.08. The molecule has 7 nitrogen and oxygen atoms in total. The molecule has 0 unspecified atom stereocenters. The highest BCUT2D eigenvalue weighted by Gasteiger charge is 2.22. The Hall–Kier alpha value is -4.39. The van der Waals surface area contributed by atoms with Gasteiger partial charge >= 0.3 is 5.76 Å². The number of hydrogen-bond acceptors (Lipinski definition) is 4. The molecule has 3 aromatic carbocycles. The van der Waals surface area contributed by atoms with E-state index in [-0.39, 0.29) is 12.5 Å². The maximum absolute atomic E-state index is 13.0. The topological polar surface area (TPSA) is 82.1 Å². The van der Waals surface area contributed by atoms with E-state index in [0.29, 0.717) is 17.6 Å². The Kier molecular flexibility index (Phi) is 5.82. The molecule has 0 saturated heterocycles. The van der Waals surface area contributed by atoms with Gasteiger partial charge in [-0.3, -0.25) is 14.0 Å². The van der Waals surface area contributed by atoms with Crippen LogP contribution in [-0.4, -0.2) is 20.3 Å². The maximum atomic E-state index is 13.0. The Morgan fingerprint density at radius 1 is 0.971 bits per heavy atom. The van der Waals surface area contributed by atoms with Gasteiger partial charge in [0, 0.05) is 23.9 Å². The summed E-state index contributed by atoms with van der Waals surface area (Å²) in [6.45, 7) is 2.60. The van der Waals surface area contributed by atoms with Crippen molar-refractivity contribution >= 4 is 17.0 Å². The van der Waals surface area contributed by atoms with Crippen molar-refractivity contribution in [3.63, 3.8) is 0 Å². The molecule has 0 bridgehead atoms. The van der Waals surface area contributed by atoms with Crippen molar-refractivity contribution in [3.05, 3.63) is 113 Å². The standard InChI is InChI=1S/C27H24N4O3/c1-19(31-23-14-8-9-15-24(23)34-27(31)33)26(32)28-16-22-18-30(17-20-10-4-2-5-11-20)29-25(22)21-12-6-3-7-13-21/h2-15,18-19H,16-17H2,1H3,(H,28,32)/t19-/m1/s1. The Morgan fingerprint density at radius 2 is 1.65 bits per heavy atom. The van der Waals surface area contributed by atoms with E-state index in [4.69, 9.17) is 9.52 Å². The average Bonchev–Trinajstić information content (AvgIpc) is 3.42. The Bertz CT molecular complexity index is 1480. The monoisotopic (exact) mass is 452 g/mol. The van der Waals surface area contributed by atoms with Gasteiger partial charge in [-0.1, -0.05) is 72.8 Å². The fraction of sp³-hybridized carbons (Fsp3) is 0.148. The zero-order valence-corrected chi connectivity index (χ0v) is 18.7. The van der Waals surface area contributed by atoms with E-state index in [1.165, 1.54) is 4.57 Å². The van der Waals surface area contributed by atoms with Crippen molar-refractivity contribution in [2.45, 2.75) is 26.1 Å². The van der Waals surface area contributed by atoms with E-state index in [1.54, 1.807) is 25.1 Å². The summed E-state index contributed by atoms with van der Waals surface area (Å²) >= 11 is 0. The zero-order valence-electron chi connectivity index (χ0n) is 18.7. The second-order valence-electron chi connectivity index (χ2n) is 8.15. The van der Waals surface area contributed by atoms with Crippen LogP contribution in [0.25, 0.3) is 22.4 Å². The first-order valence-electron chi connectivity index (χ1n) is 11.1. The highest BCUT2D eigenvalue weighted by atomic mass is 16.4. The number of hydrogen-bond donors (Lipinski definition) is 1. The van der Waals surface area contributed by atoms with Gasteiger partial charge < -0.3 is 9.73 Å². The summed E-state index contributed by atoms with van der Waals surface area (Å²) in [5, 5.41) is 7.77. The number of amides is 1. The Labute approximate surface area is 196 Å². The smallest absolute Gasteiger partial charge is 0.408 e. The number of benzene rings is 3. The predicted molar refractivity (Wildman–Crippen MR) is 130 cm³/mol. The summed E-state index contributed by atoms with van der Waals surface area (Å²) < 4.78 is 8.55. The van der Waals surface area contributed by atoms with Crippen molar-refractivity contribution in [2.75, 3.05) is 0 Å². The number of rotatable bonds is 7. The van der Waals surface area contributed by atoms with Crippen molar-refractivity contribution in [1.29, 1.82) is 0 Å². The molecule has 0 saturated carbocycles. The van der Waals surface area contributed by atoms with E-state index in [2.05, 4.69) is 17.4 Å². The molecule has 1 N–H and O–H groups in total. The highest BCUT2D eigenvalue weighted by molar-refractivity contribution is 5.83. The van der Waals surface area contributed by atoms with Crippen LogP contribution < -0.4 is 11.1 Å². The quantitative estimate of drug-likeness (QED) is 0.397. The first kappa shape index (κ1) is 21.5. The maximum Gasteiger partial charge on any atom is 0.420 e. The van der Waals surface area contributed by atoms with E-state index in [9.17, 15) is 9.59 Å². The van der Waals surface area contributed by atoms with Crippen molar-refractivity contribution in [2.24, 2.45) is 0 Å². The number of oxazole rings is 1. The molecule has 2 aromatic heterocycles. The average molecular weight is 453 g/mol. The molecule has 1 atom stereocenters. The number of nitrogens with zero attached hydrogens (tertiary/aromatic N) is 3. The summed E-state index contributed by atoms with van der Waals surface area (Å²) in [6, 6.07) is 26.3. The van der Waals surface area contributed by atoms with Crippen molar-refractivity contribution < 1.29 is 9.21 Å². The molecule has 7 heteroatoms. The zero-order chi connectivity index (χ0) is 23.5. The number of carbonyl (C=O) groups is 1. The van der Waals surface area contributed by atoms with E-state index in [1.807, 2.05) is 65.5 Å². The van der Waals surface area contributed by atoms with Crippen molar-refractivity contribution in [3.8, 4) is 11.3 Å². The predicted octanol–water partition coefficient (Wildman–Crippen LogP) is 4.38. The van der Waals surface area contributed by atoms with Gasteiger partial charge in [0.05, 0.1) is 17.8 Å². The lowest BCUT2D eigenvalue weighted by molar-refractivity contribution is -0.124. The van der Waals surface area contributed by atoms with Gasteiger partial charge in [-0.15, -0.1) is 0 Å². The molecule has 170 valence electrons. The van der Waals surface area contributed by atoms with Gasteiger partial charge in [0.15, 0.2) is 5.58 Å². The largest absolute Gasteiger partial charge is 0.420 e. The third-order valence-corrected chi connectivity index (χ3v) is 5.81. The van der Waals surface area contributed by atoms with Gasteiger partial charge in [-0.2, -0.15) is 5.10 Å². The first-order chi connectivity index (χ1) is 16.6. The molecule has 5 rings (SSSR count). The molecular formula is C27H24N4O3. The first-order valence-corrected chi connectivity index (χ1v) is 11.1. The lowest BCUT2D eigenvalue weighted by Crippen LogP contribution is -2.34. The van der Waals surface area contributed by atoms with Gasteiger partial charge in [-0.05, 0) is 24.6 Å². The number of fused-ring (bicyclic) bond motifs is 1.